The van der Waals surface area contributed by atoms with Crippen molar-refractivity contribution in [2.75, 3.05) is 0 Å². The Balaban J connectivity index is 2.29. The number of Topliss-reactive ketones (excluding diaryl/α,β-unsaturated/α-hetero) is 1. The number of alkyl halides is 3. The lowest BCUT2D eigenvalue weighted by molar-refractivity contribution is -0.137. The summed E-state index contributed by atoms with van der Waals surface area (Å²) in [6, 6.07) is 8.05. The Kier molecular flexibility index (Phi) is 3.96. The molecule has 0 amide bonds. The molecule has 1 heterocycles. The normalized spacial score (nSPS) is 11.6. The first kappa shape index (κ1) is 14.1. The molecule has 19 heavy (non-hydrogen) atoms. The van der Waals surface area contributed by atoms with Crippen LogP contribution in [0.3, 0.4) is 0 Å². The number of thiophene rings is 1. The zero-order valence-electron chi connectivity index (χ0n) is 9.50. The Morgan fingerprint density at radius 1 is 1.16 bits per heavy atom. The fraction of sp³-hybridized carbons (Fsp3) is 0.154. The highest BCUT2D eigenvalue weighted by molar-refractivity contribution is 7.16. The van der Waals surface area contributed by atoms with Gasteiger partial charge in [-0.3, -0.25) is 4.79 Å². The lowest BCUT2D eigenvalue weighted by atomic mass is 10.0. The SMILES string of the molecule is O=C(Cc1ccc(Cl)s1)c1ccccc1C(F)(F)F. The van der Waals surface area contributed by atoms with E-state index in [2.05, 4.69) is 0 Å². The van der Waals surface area contributed by atoms with Crippen molar-refractivity contribution in [3.05, 3.63) is 56.7 Å². The molecule has 1 aromatic heterocycles. The molecule has 0 N–H and O–H groups in total. The Morgan fingerprint density at radius 2 is 1.84 bits per heavy atom. The van der Waals surface area contributed by atoms with Gasteiger partial charge in [-0.2, -0.15) is 13.2 Å². The van der Waals surface area contributed by atoms with E-state index < -0.39 is 17.5 Å². The summed E-state index contributed by atoms with van der Waals surface area (Å²) in [6.07, 6.45) is -4.61. The topological polar surface area (TPSA) is 17.1 Å². The minimum Gasteiger partial charge on any atom is -0.294 e. The highest BCUT2D eigenvalue weighted by Gasteiger charge is 2.34. The van der Waals surface area contributed by atoms with Crippen molar-refractivity contribution in [1.82, 2.24) is 0 Å². The quantitative estimate of drug-likeness (QED) is 0.741. The summed E-state index contributed by atoms with van der Waals surface area (Å²) in [5.41, 5.74) is -1.21. The van der Waals surface area contributed by atoms with E-state index in [0.717, 1.165) is 6.07 Å². The molecule has 0 radical (unpaired) electrons. The predicted molar refractivity (Wildman–Crippen MR) is 68.8 cm³/mol. The number of carbonyl (C=O) groups is 1. The van der Waals surface area contributed by atoms with Gasteiger partial charge in [0.15, 0.2) is 5.78 Å². The van der Waals surface area contributed by atoms with Crippen LogP contribution in [0.5, 0.6) is 0 Å². The van der Waals surface area contributed by atoms with Gasteiger partial charge in [-0.25, -0.2) is 0 Å². The molecule has 2 aromatic rings. The molecule has 0 bridgehead atoms. The van der Waals surface area contributed by atoms with E-state index in [1.165, 1.54) is 29.5 Å². The summed E-state index contributed by atoms with van der Waals surface area (Å²) in [5, 5.41) is 0. The summed E-state index contributed by atoms with van der Waals surface area (Å²) in [4.78, 5) is 12.6. The van der Waals surface area contributed by atoms with Gasteiger partial charge in [-0.15, -0.1) is 11.3 Å². The third-order valence-electron chi connectivity index (χ3n) is 2.50. The second kappa shape index (κ2) is 5.35. The number of hydrogen-bond acceptors (Lipinski definition) is 2. The summed E-state index contributed by atoms with van der Waals surface area (Å²) in [5.74, 6) is -0.563. The molecule has 1 nitrogen and oxygen atoms in total. The van der Waals surface area contributed by atoms with Crippen LogP contribution < -0.4 is 0 Å². The van der Waals surface area contributed by atoms with Crippen LogP contribution in [0.25, 0.3) is 0 Å². The van der Waals surface area contributed by atoms with Gasteiger partial charge in [-0.1, -0.05) is 29.8 Å². The number of benzene rings is 1. The lowest BCUT2D eigenvalue weighted by Crippen LogP contribution is -2.14. The zero-order chi connectivity index (χ0) is 14.0. The van der Waals surface area contributed by atoms with E-state index >= 15 is 0 Å². The summed E-state index contributed by atoms with van der Waals surface area (Å²) in [6.45, 7) is 0. The average Bonchev–Trinajstić information content (AvgIpc) is 2.73. The van der Waals surface area contributed by atoms with E-state index in [1.54, 1.807) is 12.1 Å². The molecule has 0 fully saturated rings. The number of halogens is 4. The van der Waals surface area contributed by atoms with Gasteiger partial charge in [-0.05, 0) is 18.2 Å². The third kappa shape index (κ3) is 3.36. The molecule has 1 aromatic carbocycles. The van der Waals surface area contributed by atoms with Gasteiger partial charge in [0.2, 0.25) is 0 Å². The van der Waals surface area contributed by atoms with Crippen LogP contribution in [-0.4, -0.2) is 5.78 Å². The molecule has 0 saturated carbocycles. The Hall–Kier alpha value is -1.33. The first-order valence-corrected chi connectivity index (χ1v) is 6.51. The molecular formula is C13H8ClF3OS. The third-order valence-corrected chi connectivity index (χ3v) is 3.73. The number of ketones is 1. The maximum absolute atomic E-state index is 12.8. The number of carbonyl (C=O) groups excluding carboxylic acids is 1. The fourth-order valence-electron chi connectivity index (χ4n) is 1.67. The van der Waals surface area contributed by atoms with Crippen LogP contribution >= 0.6 is 22.9 Å². The van der Waals surface area contributed by atoms with Crippen LogP contribution in [0, 0.1) is 0 Å². The average molecular weight is 305 g/mol. The zero-order valence-corrected chi connectivity index (χ0v) is 11.1. The Labute approximate surface area is 116 Å². The van der Waals surface area contributed by atoms with Gasteiger partial charge in [0, 0.05) is 16.9 Å². The maximum atomic E-state index is 12.8. The van der Waals surface area contributed by atoms with E-state index in [9.17, 15) is 18.0 Å². The molecule has 0 aliphatic heterocycles. The van der Waals surface area contributed by atoms with E-state index in [4.69, 9.17) is 11.6 Å². The van der Waals surface area contributed by atoms with Crippen molar-refractivity contribution in [1.29, 1.82) is 0 Å². The highest BCUT2D eigenvalue weighted by atomic mass is 35.5. The minimum atomic E-state index is -4.53. The van der Waals surface area contributed by atoms with Crippen molar-refractivity contribution in [2.45, 2.75) is 12.6 Å². The van der Waals surface area contributed by atoms with E-state index in [-0.39, 0.29) is 12.0 Å². The highest BCUT2D eigenvalue weighted by Crippen LogP contribution is 2.32. The molecule has 0 unspecified atom stereocenters. The molecule has 0 spiro atoms. The van der Waals surface area contributed by atoms with Crippen molar-refractivity contribution < 1.29 is 18.0 Å². The van der Waals surface area contributed by atoms with Crippen LogP contribution in [0.15, 0.2) is 36.4 Å². The molecule has 0 aliphatic rings. The Bertz CT molecular complexity index is 604. The largest absolute Gasteiger partial charge is 0.417 e. The molecule has 0 saturated heterocycles. The first-order chi connectivity index (χ1) is 8.88. The summed E-state index contributed by atoms with van der Waals surface area (Å²) >= 11 is 6.91. The van der Waals surface area contributed by atoms with Crippen LogP contribution in [0.4, 0.5) is 13.2 Å². The maximum Gasteiger partial charge on any atom is 0.417 e. The standard InChI is InChI=1S/C13H8ClF3OS/c14-12-6-5-8(19-12)7-11(18)9-3-1-2-4-10(9)13(15,16)17/h1-6H,7H2. The van der Waals surface area contributed by atoms with Gasteiger partial charge in [0.25, 0.3) is 0 Å². The van der Waals surface area contributed by atoms with Crippen molar-refractivity contribution >= 4 is 28.7 Å². The second-order valence-electron chi connectivity index (χ2n) is 3.85. The molecular weight excluding hydrogens is 297 g/mol. The van der Waals surface area contributed by atoms with E-state index in [1.807, 2.05) is 0 Å². The van der Waals surface area contributed by atoms with Gasteiger partial charge in [0.05, 0.1) is 9.90 Å². The molecule has 0 aliphatic carbocycles. The van der Waals surface area contributed by atoms with E-state index in [0.29, 0.717) is 9.21 Å². The van der Waals surface area contributed by atoms with Crippen molar-refractivity contribution in [3.63, 3.8) is 0 Å². The minimum absolute atomic E-state index is 0.0789. The number of hydrogen-bond donors (Lipinski definition) is 0. The van der Waals surface area contributed by atoms with Crippen molar-refractivity contribution in [2.24, 2.45) is 0 Å². The predicted octanol–water partition coefficient (Wildman–Crippen LogP) is 4.85. The van der Waals surface area contributed by atoms with Gasteiger partial charge < -0.3 is 0 Å². The first-order valence-electron chi connectivity index (χ1n) is 5.31. The summed E-state index contributed by atoms with van der Waals surface area (Å²) in [7, 11) is 0. The Morgan fingerprint density at radius 3 is 2.42 bits per heavy atom. The smallest absolute Gasteiger partial charge is 0.294 e. The van der Waals surface area contributed by atoms with Crippen LogP contribution in [-0.2, 0) is 12.6 Å². The molecule has 2 rings (SSSR count). The van der Waals surface area contributed by atoms with Gasteiger partial charge in [0.1, 0.15) is 0 Å². The van der Waals surface area contributed by atoms with Crippen molar-refractivity contribution in [3.8, 4) is 0 Å². The summed E-state index contributed by atoms with van der Waals surface area (Å²) < 4.78 is 38.8. The van der Waals surface area contributed by atoms with Crippen LogP contribution in [0.2, 0.25) is 4.34 Å². The number of rotatable bonds is 3. The lowest BCUT2D eigenvalue weighted by Gasteiger charge is -2.11. The monoisotopic (exact) mass is 304 g/mol. The van der Waals surface area contributed by atoms with Crippen LogP contribution in [0.1, 0.15) is 20.8 Å². The molecule has 100 valence electrons. The molecule has 0 atom stereocenters. The fourth-order valence-corrected chi connectivity index (χ4v) is 2.76. The molecule has 6 heteroatoms. The van der Waals surface area contributed by atoms with Gasteiger partial charge >= 0.3 is 6.18 Å². The second-order valence-corrected chi connectivity index (χ2v) is 5.65.